The summed E-state index contributed by atoms with van der Waals surface area (Å²) in [7, 11) is 0. The molecule has 0 amide bonds. The molecule has 0 radical (unpaired) electrons. The summed E-state index contributed by atoms with van der Waals surface area (Å²) in [5.74, 6) is 0.332. The number of benzene rings is 1. The number of carboxylic acids is 1. The van der Waals surface area contributed by atoms with E-state index in [1.807, 2.05) is 18.2 Å². The van der Waals surface area contributed by atoms with Gasteiger partial charge in [-0.05, 0) is 36.6 Å². The van der Waals surface area contributed by atoms with Crippen molar-refractivity contribution in [2.75, 3.05) is 13.2 Å². The van der Waals surface area contributed by atoms with Crippen LogP contribution in [0, 0.1) is 5.92 Å². The van der Waals surface area contributed by atoms with Gasteiger partial charge in [0, 0.05) is 6.54 Å². The van der Waals surface area contributed by atoms with Crippen molar-refractivity contribution in [2.24, 2.45) is 5.92 Å². The zero-order valence-corrected chi connectivity index (χ0v) is 11.0. The minimum Gasteiger partial charge on any atom is -0.482 e. The molecule has 1 rings (SSSR count). The first-order valence-corrected chi connectivity index (χ1v) is 6.22. The van der Waals surface area contributed by atoms with E-state index in [0.29, 0.717) is 11.7 Å². The van der Waals surface area contributed by atoms with Crippen LogP contribution in [0.2, 0.25) is 0 Å². The summed E-state index contributed by atoms with van der Waals surface area (Å²) in [6.07, 6.45) is 1.15. The first kappa shape index (κ1) is 14.5. The molecule has 0 fully saturated rings. The highest BCUT2D eigenvalue weighted by Crippen LogP contribution is 2.13. The number of hydrogen-bond donors (Lipinski definition) is 2. The molecule has 0 atom stereocenters. The van der Waals surface area contributed by atoms with Crippen molar-refractivity contribution in [3.05, 3.63) is 29.8 Å². The van der Waals surface area contributed by atoms with E-state index >= 15 is 0 Å². The van der Waals surface area contributed by atoms with Crippen molar-refractivity contribution >= 4 is 5.97 Å². The van der Waals surface area contributed by atoms with Crippen molar-refractivity contribution in [3.8, 4) is 5.75 Å². The van der Waals surface area contributed by atoms with E-state index in [9.17, 15) is 4.79 Å². The number of nitrogens with one attached hydrogen (secondary N) is 1. The van der Waals surface area contributed by atoms with Gasteiger partial charge in [-0.2, -0.15) is 0 Å². The fourth-order valence-electron chi connectivity index (χ4n) is 1.51. The summed E-state index contributed by atoms with van der Waals surface area (Å²) >= 11 is 0. The summed E-state index contributed by atoms with van der Waals surface area (Å²) in [5, 5.41) is 11.9. The summed E-state index contributed by atoms with van der Waals surface area (Å²) in [6, 6.07) is 7.50. The van der Waals surface area contributed by atoms with Gasteiger partial charge in [0.15, 0.2) is 6.61 Å². The summed E-state index contributed by atoms with van der Waals surface area (Å²) < 4.78 is 5.13. The smallest absolute Gasteiger partial charge is 0.341 e. The topological polar surface area (TPSA) is 58.6 Å². The lowest BCUT2D eigenvalue weighted by molar-refractivity contribution is -0.139. The van der Waals surface area contributed by atoms with Crippen LogP contribution in [0.3, 0.4) is 0 Å². The normalized spacial score (nSPS) is 10.6. The van der Waals surface area contributed by atoms with Gasteiger partial charge in [0.1, 0.15) is 5.75 Å². The average molecular weight is 251 g/mol. The maximum atomic E-state index is 10.4. The van der Waals surface area contributed by atoms with Gasteiger partial charge >= 0.3 is 5.97 Å². The Morgan fingerprint density at radius 1 is 1.44 bits per heavy atom. The van der Waals surface area contributed by atoms with Crippen LogP contribution in [0.15, 0.2) is 24.3 Å². The summed E-state index contributed by atoms with van der Waals surface area (Å²) in [4.78, 5) is 10.4. The first-order valence-electron chi connectivity index (χ1n) is 6.22. The molecule has 1 aromatic carbocycles. The fourth-order valence-corrected chi connectivity index (χ4v) is 1.51. The monoisotopic (exact) mass is 251 g/mol. The first-order chi connectivity index (χ1) is 8.58. The maximum Gasteiger partial charge on any atom is 0.341 e. The van der Waals surface area contributed by atoms with E-state index in [4.69, 9.17) is 9.84 Å². The van der Waals surface area contributed by atoms with Gasteiger partial charge in [-0.15, -0.1) is 0 Å². The highest BCUT2D eigenvalue weighted by Gasteiger charge is 2.00. The Bertz CT molecular complexity index is 377. The molecule has 0 saturated heterocycles. The van der Waals surface area contributed by atoms with E-state index in [-0.39, 0.29) is 6.61 Å². The lowest BCUT2D eigenvalue weighted by atomic mass is 10.1. The van der Waals surface area contributed by atoms with Crippen molar-refractivity contribution < 1.29 is 14.6 Å². The predicted molar refractivity (Wildman–Crippen MR) is 70.7 cm³/mol. The molecular weight excluding hydrogens is 230 g/mol. The molecule has 0 heterocycles. The number of aliphatic carboxylic acids is 1. The molecule has 0 bridgehead atoms. The van der Waals surface area contributed by atoms with Crippen LogP contribution < -0.4 is 10.1 Å². The molecule has 1 aromatic rings. The summed E-state index contributed by atoms with van der Waals surface area (Å²) in [5.41, 5.74) is 1.10. The molecule has 18 heavy (non-hydrogen) atoms. The Hall–Kier alpha value is -1.55. The van der Waals surface area contributed by atoms with Crippen molar-refractivity contribution in [1.82, 2.24) is 5.32 Å². The maximum absolute atomic E-state index is 10.4. The molecule has 0 unspecified atom stereocenters. The quantitative estimate of drug-likeness (QED) is 0.696. The minimum atomic E-state index is -0.963. The van der Waals surface area contributed by atoms with E-state index < -0.39 is 5.97 Å². The van der Waals surface area contributed by atoms with Gasteiger partial charge in [0.2, 0.25) is 0 Å². The second kappa shape index (κ2) is 7.71. The second-order valence-electron chi connectivity index (χ2n) is 4.69. The highest BCUT2D eigenvalue weighted by molar-refractivity contribution is 5.68. The lowest BCUT2D eigenvalue weighted by Gasteiger charge is -2.08. The molecule has 0 aliphatic rings. The Morgan fingerprint density at radius 3 is 2.89 bits per heavy atom. The molecule has 2 N–H and O–H groups in total. The molecule has 0 aliphatic heterocycles. The van der Waals surface area contributed by atoms with E-state index in [2.05, 4.69) is 19.2 Å². The third kappa shape index (κ3) is 6.25. The number of rotatable bonds is 8. The number of carboxylic acid groups (broad SMARTS) is 1. The van der Waals surface area contributed by atoms with Crippen LogP contribution in [0.4, 0.5) is 0 Å². The third-order valence-corrected chi connectivity index (χ3v) is 2.49. The van der Waals surface area contributed by atoms with Gasteiger partial charge in [-0.1, -0.05) is 26.0 Å². The Balaban J connectivity index is 2.37. The van der Waals surface area contributed by atoms with Crippen LogP contribution in [0.25, 0.3) is 0 Å². The van der Waals surface area contributed by atoms with Crippen molar-refractivity contribution in [1.29, 1.82) is 0 Å². The molecule has 0 aromatic heterocycles. The van der Waals surface area contributed by atoms with Crippen LogP contribution in [0.1, 0.15) is 25.8 Å². The Kier molecular flexibility index (Phi) is 6.22. The number of hydrogen-bond acceptors (Lipinski definition) is 3. The summed E-state index contributed by atoms with van der Waals surface area (Å²) in [6.45, 7) is 5.85. The van der Waals surface area contributed by atoms with Crippen molar-refractivity contribution in [3.63, 3.8) is 0 Å². The van der Waals surface area contributed by atoms with Crippen LogP contribution in [-0.4, -0.2) is 24.2 Å². The number of carbonyl (C=O) groups is 1. The molecule has 4 heteroatoms. The van der Waals surface area contributed by atoms with Crippen LogP contribution >= 0.6 is 0 Å². The predicted octanol–water partition coefficient (Wildman–Crippen LogP) is 2.29. The molecule has 4 nitrogen and oxygen atoms in total. The minimum absolute atomic E-state index is 0.301. The lowest BCUT2D eigenvalue weighted by Crippen LogP contribution is -2.16. The van der Waals surface area contributed by atoms with Crippen molar-refractivity contribution in [2.45, 2.75) is 26.8 Å². The zero-order chi connectivity index (χ0) is 13.4. The van der Waals surface area contributed by atoms with E-state index in [1.54, 1.807) is 6.07 Å². The molecule has 0 spiro atoms. The highest BCUT2D eigenvalue weighted by atomic mass is 16.5. The largest absolute Gasteiger partial charge is 0.482 e. The van der Waals surface area contributed by atoms with Gasteiger partial charge in [0.25, 0.3) is 0 Å². The molecule has 100 valence electrons. The van der Waals surface area contributed by atoms with Crippen LogP contribution in [-0.2, 0) is 11.3 Å². The third-order valence-electron chi connectivity index (χ3n) is 2.49. The molecular formula is C14H21NO3. The van der Waals surface area contributed by atoms with Crippen LogP contribution in [0.5, 0.6) is 5.75 Å². The van der Waals surface area contributed by atoms with Gasteiger partial charge in [0.05, 0.1) is 0 Å². The zero-order valence-electron chi connectivity index (χ0n) is 11.0. The Morgan fingerprint density at radius 2 is 2.22 bits per heavy atom. The van der Waals surface area contributed by atoms with Gasteiger partial charge < -0.3 is 15.2 Å². The fraction of sp³-hybridized carbons (Fsp3) is 0.500. The Labute approximate surface area is 108 Å². The second-order valence-corrected chi connectivity index (χ2v) is 4.69. The van der Waals surface area contributed by atoms with E-state index in [1.165, 1.54) is 0 Å². The molecule has 0 aliphatic carbocycles. The number of ether oxygens (including phenoxy) is 1. The average Bonchev–Trinajstić information content (AvgIpc) is 2.32. The molecule has 0 saturated carbocycles. The SMILES string of the molecule is CC(C)CCNCc1cccc(OCC(=O)O)c1. The van der Waals surface area contributed by atoms with Gasteiger partial charge in [-0.25, -0.2) is 4.79 Å². The van der Waals surface area contributed by atoms with E-state index in [0.717, 1.165) is 25.1 Å². The standard InChI is InChI=1S/C14H21NO3/c1-11(2)6-7-15-9-12-4-3-5-13(8-12)18-10-14(16)17/h3-5,8,11,15H,6-7,9-10H2,1-2H3,(H,16,17). The van der Waals surface area contributed by atoms with Gasteiger partial charge in [-0.3, -0.25) is 0 Å².